The minimum atomic E-state index is 1.05. The van der Waals surface area contributed by atoms with Crippen LogP contribution in [-0.2, 0) is 12.8 Å². The molecule has 4 aromatic carbocycles. The molecule has 138 valence electrons. The zero-order valence-corrected chi connectivity index (χ0v) is 16.2. The Morgan fingerprint density at radius 2 is 1.18 bits per heavy atom. The molecule has 0 saturated carbocycles. The van der Waals surface area contributed by atoms with Crippen LogP contribution >= 0.6 is 0 Å². The van der Waals surface area contributed by atoms with Crippen molar-refractivity contribution in [2.45, 2.75) is 19.8 Å². The Morgan fingerprint density at radius 1 is 0.571 bits per heavy atom. The van der Waals surface area contributed by atoms with Gasteiger partial charge in [-0.05, 0) is 65.8 Å². The highest BCUT2D eigenvalue weighted by Crippen LogP contribution is 2.25. The van der Waals surface area contributed by atoms with Crippen LogP contribution in [0, 0.1) is 6.92 Å². The van der Waals surface area contributed by atoms with Crippen LogP contribution < -0.4 is 5.32 Å². The highest BCUT2D eigenvalue weighted by molar-refractivity contribution is 5.69. The first-order valence-electron chi connectivity index (χ1n) is 9.84. The molecule has 4 rings (SSSR count). The molecule has 1 N–H and O–H groups in total. The summed E-state index contributed by atoms with van der Waals surface area (Å²) in [4.78, 5) is 0. The summed E-state index contributed by atoms with van der Waals surface area (Å²) in [5.74, 6) is 0. The highest BCUT2D eigenvalue weighted by atomic mass is 14.9. The number of nitrogens with one attached hydrogen (secondary N) is 1. The summed E-state index contributed by atoms with van der Waals surface area (Å²) in [7, 11) is 0. The summed E-state index contributed by atoms with van der Waals surface area (Å²) < 4.78 is 0. The van der Waals surface area contributed by atoms with E-state index in [1.165, 1.54) is 33.5 Å². The van der Waals surface area contributed by atoms with Gasteiger partial charge in [-0.1, -0.05) is 84.9 Å². The van der Waals surface area contributed by atoms with Crippen LogP contribution in [0.3, 0.4) is 0 Å². The molecule has 0 bridgehead atoms. The van der Waals surface area contributed by atoms with Crippen molar-refractivity contribution in [3.8, 4) is 11.1 Å². The standard InChI is InChI=1S/C27H25N/c1-21-12-13-23(15-14-22-8-4-2-5-9-22)20-27(21)28-26-18-16-25(17-19-26)24-10-6-3-7-11-24/h2-13,16-20,28H,14-15H2,1H3. The van der Waals surface area contributed by atoms with Gasteiger partial charge >= 0.3 is 0 Å². The van der Waals surface area contributed by atoms with Crippen LogP contribution in [0.15, 0.2) is 103 Å². The minimum Gasteiger partial charge on any atom is -0.355 e. The second kappa shape index (κ2) is 8.58. The third-order valence-electron chi connectivity index (χ3n) is 5.12. The van der Waals surface area contributed by atoms with E-state index in [4.69, 9.17) is 0 Å². The van der Waals surface area contributed by atoms with Crippen LogP contribution in [0.25, 0.3) is 11.1 Å². The third-order valence-corrected chi connectivity index (χ3v) is 5.12. The summed E-state index contributed by atoms with van der Waals surface area (Å²) in [6.07, 6.45) is 2.11. The Labute approximate surface area is 167 Å². The molecule has 0 aliphatic carbocycles. The van der Waals surface area contributed by atoms with Gasteiger partial charge in [0, 0.05) is 11.4 Å². The van der Waals surface area contributed by atoms with E-state index in [9.17, 15) is 0 Å². The average Bonchev–Trinajstić information content (AvgIpc) is 2.76. The molecule has 1 heteroatoms. The molecular formula is C27H25N. The van der Waals surface area contributed by atoms with Gasteiger partial charge in [-0.15, -0.1) is 0 Å². The van der Waals surface area contributed by atoms with E-state index in [1.807, 2.05) is 6.07 Å². The molecule has 0 amide bonds. The largest absolute Gasteiger partial charge is 0.355 e. The highest BCUT2D eigenvalue weighted by Gasteiger charge is 2.03. The topological polar surface area (TPSA) is 12.0 Å². The van der Waals surface area contributed by atoms with E-state index in [1.54, 1.807) is 0 Å². The fourth-order valence-electron chi connectivity index (χ4n) is 3.42. The molecule has 0 fully saturated rings. The van der Waals surface area contributed by atoms with Crippen molar-refractivity contribution >= 4 is 11.4 Å². The van der Waals surface area contributed by atoms with Gasteiger partial charge < -0.3 is 5.32 Å². The number of aryl methyl sites for hydroxylation is 3. The van der Waals surface area contributed by atoms with Crippen molar-refractivity contribution in [1.29, 1.82) is 0 Å². The fourth-order valence-corrected chi connectivity index (χ4v) is 3.42. The molecule has 0 aromatic heterocycles. The first-order chi connectivity index (χ1) is 13.8. The summed E-state index contributed by atoms with van der Waals surface area (Å²) in [5, 5.41) is 3.59. The number of anilines is 2. The molecule has 0 aliphatic rings. The van der Waals surface area contributed by atoms with Gasteiger partial charge in [-0.3, -0.25) is 0 Å². The smallest absolute Gasteiger partial charge is 0.0416 e. The second-order valence-electron chi connectivity index (χ2n) is 7.20. The Morgan fingerprint density at radius 3 is 1.89 bits per heavy atom. The maximum atomic E-state index is 3.59. The van der Waals surface area contributed by atoms with Gasteiger partial charge in [0.15, 0.2) is 0 Å². The fraction of sp³-hybridized carbons (Fsp3) is 0.111. The second-order valence-corrected chi connectivity index (χ2v) is 7.20. The van der Waals surface area contributed by atoms with Crippen molar-refractivity contribution in [3.05, 3.63) is 120 Å². The van der Waals surface area contributed by atoms with E-state index in [2.05, 4.69) is 109 Å². The first kappa shape index (κ1) is 18.1. The zero-order chi connectivity index (χ0) is 19.2. The van der Waals surface area contributed by atoms with E-state index in [0.29, 0.717) is 0 Å². The Hall–Kier alpha value is -3.32. The molecule has 0 aliphatic heterocycles. The molecule has 0 heterocycles. The van der Waals surface area contributed by atoms with Crippen molar-refractivity contribution < 1.29 is 0 Å². The van der Waals surface area contributed by atoms with Crippen molar-refractivity contribution in [1.82, 2.24) is 0 Å². The molecule has 0 unspecified atom stereocenters. The van der Waals surface area contributed by atoms with E-state index in [0.717, 1.165) is 18.5 Å². The Bertz CT molecular complexity index is 1020. The number of benzene rings is 4. The Kier molecular flexibility index (Phi) is 5.53. The van der Waals surface area contributed by atoms with Crippen LogP contribution in [-0.4, -0.2) is 0 Å². The predicted molar refractivity (Wildman–Crippen MR) is 120 cm³/mol. The molecular weight excluding hydrogens is 338 g/mol. The predicted octanol–water partition coefficient (Wildman–Crippen LogP) is 7.19. The quantitative estimate of drug-likeness (QED) is 0.382. The summed E-state index contributed by atoms with van der Waals surface area (Å²) in [6.45, 7) is 2.15. The van der Waals surface area contributed by atoms with Crippen LogP contribution in [0.5, 0.6) is 0 Å². The molecule has 0 atom stereocenters. The number of hydrogen-bond acceptors (Lipinski definition) is 1. The van der Waals surface area contributed by atoms with E-state index >= 15 is 0 Å². The third kappa shape index (κ3) is 4.50. The van der Waals surface area contributed by atoms with Gasteiger partial charge in [-0.2, -0.15) is 0 Å². The summed E-state index contributed by atoms with van der Waals surface area (Å²) in [5.41, 5.74) is 8.77. The lowest BCUT2D eigenvalue weighted by molar-refractivity contribution is 0.960. The van der Waals surface area contributed by atoms with Gasteiger partial charge in [0.1, 0.15) is 0 Å². The normalized spacial score (nSPS) is 10.6. The molecule has 1 nitrogen and oxygen atoms in total. The summed E-state index contributed by atoms with van der Waals surface area (Å²) in [6, 6.07) is 36.5. The average molecular weight is 364 g/mol. The van der Waals surface area contributed by atoms with E-state index in [-0.39, 0.29) is 0 Å². The maximum absolute atomic E-state index is 3.59. The molecule has 28 heavy (non-hydrogen) atoms. The molecule has 0 spiro atoms. The van der Waals surface area contributed by atoms with Crippen LogP contribution in [0.2, 0.25) is 0 Å². The number of hydrogen-bond donors (Lipinski definition) is 1. The first-order valence-corrected chi connectivity index (χ1v) is 9.84. The van der Waals surface area contributed by atoms with Crippen LogP contribution in [0.4, 0.5) is 11.4 Å². The monoisotopic (exact) mass is 363 g/mol. The maximum Gasteiger partial charge on any atom is 0.0416 e. The molecule has 0 saturated heterocycles. The molecule has 4 aromatic rings. The lowest BCUT2D eigenvalue weighted by Crippen LogP contribution is -1.97. The number of rotatable bonds is 6. The van der Waals surface area contributed by atoms with Gasteiger partial charge in [0.05, 0.1) is 0 Å². The molecule has 0 radical (unpaired) electrons. The SMILES string of the molecule is Cc1ccc(CCc2ccccc2)cc1Nc1ccc(-c2ccccc2)cc1. The van der Waals surface area contributed by atoms with Crippen molar-refractivity contribution in [2.24, 2.45) is 0 Å². The lowest BCUT2D eigenvalue weighted by atomic mass is 10.0. The van der Waals surface area contributed by atoms with Crippen molar-refractivity contribution in [3.63, 3.8) is 0 Å². The van der Waals surface area contributed by atoms with Crippen molar-refractivity contribution in [2.75, 3.05) is 5.32 Å². The lowest BCUT2D eigenvalue weighted by Gasteiger charge is -2.13. The van der Waals surface area contributed by atoms with Gasteiger partial charge in [-0.25, -0.2) is 0 Å². The van der Waals surface area contributed by atoms with Gasteiger partial charge in [0.25, 0.3) is 0 Å². The van der Waals surface area contributed by atoms with Gasteiger partial charge in [0.2, 0.25) is 0 Å². The van der Waals surface area contributed by atoms with E-state index < -0.39 is 0 Å². The van der Waals surface area contributed by atoms with Crippen LogP contribution in [0.1, 0.15) is 16.7 Å². The summed E-state index contributed by atoms with van der Waals surface area (Å²) >= 11 is 0. The Balaban J connectivity index is 1.46. The zero-order valence-electron chi connectivity index (χ0n) is 16.2. The minimum absolute atomic E-state index is 1.05.